The quantitative estimate of drug-likeness (QED) is 0.669. The lowest BCUT2D eigenvalue weighted by Gasteiger charge is -2.12. The summed E-state index contributed by atoms with van der Waals surface area (Å²) in [6, 6.07) is 13.3. The Labute approximate surface area is 121 Å². The number of anilines is 2. The first-order valence-electron chi connectivity index (χ1n) is 6.14. The molecule has 5 heteroatoms. The number of hydrogen-bond donors (Lipinski definition) is 2. The van der Waals surface area contributed by atoms with Gasteiger partial charge in [-0.15, -0.1) is 11.8 Å². The Bertz CT molecular complexity index is 618. The van der Waals surface area contributed by atoms with Crippen molar-refractivity contribution >= 4 is 29.0 Å². The zero-order valence-corrected chi connectivity index (χ0v) is 11.8. The van der Waals surface area contributed by atoms with Crippen LogP contribution in [0.25, 0.3) is 0 Å². The maximum atomic E-state index is 13.5. The average Bonchev–Trinajstić information content (AvgIpc) is 2.41. The fraction of sp³-hybridized carbons (Fsp3) is 0.133. The topological polar surface area (TPSA) is 55.1 Å². The summed E-state index contributed by atoms with van der Waals surface area (Å²) in [4.78, 5) is 12.5. The molecule has 0 fully saturated rings. The fourth-order valence-corrected chi connectivity index (χ4v) is 2.53. The molecule has 3 nitrogen and oxygen atoms in total. The molecule has 2 rings (SSSR count). The molecule has 1 atom stereocenters. The zero-order chi connectivity index (χ0) is 14.5. The van der Waals surface area contributed by atoms with E-state index >= 15 is 0 Å². The van der Waals surface area contributed by atoms with E-state index in [2.05, 4.69) is 5.32 Å². The van der Waals surface area contributed by atoms with E-state index in [1.807, 2.05) is 0 Å². The molecule has 1 unspecified atom stereocenters. The van der Waals surface area contributed by atoms with E-state index in [-0.39, 0.29) is 11.7 Å². The fourth-order valence-electron chi connectivity index (χ4n) is 1.64. The maximum absolute atomic E-state index is 13.5. The lowest BCUT2D eigenvalue weighted by atomic mass is 10.3. The first-order valence-corrected chi connectivity index (χ1v) is 7.02. The van der Waals surface area contributed by atoms with Crippen LogP contribution in [0, 0.1) is 5.82 Å². The van der Waals surface area contributed by atoms with E-state index in [4.69, 9.17) is 5.73 Å². The molecule has 0 saturated carbocycles. The standard InChI is InChI=1S/C15H15FN2OS/c1-10(20-14-8-3-2-7-13(14)16)15(19)18-12-6-4-5-11(17)9-12/h2-10H,17H2,1H3,(H,18,19). The molecule has 0 heterocycles. The summed E-state index contributed by atoms with van der Waals surface area (Å²) in [6.07, 6.45) is 0. The van der Waals surface area contributed by atoms with Gasteiger partial charge in [0.15, 0.2) is 0 Å². The number of nitrogens with one attached hydrogen (secondary N) is 1. The number of nitrogen functional groups attached to an aromatic ring is 1. The minimum absolute atomic E-state index is 0.191. The Morgan fingerprint density at radius 3 is 2.70 bits per heavy atom. The van der Waals surface area contributed by atoms with Gasteiger partial charge in [-0.2, -0.15) is 0 Å². The van der Waals surface area contributed by atoms with Crippen molar-refractivity contribution in [2.75, 3.05) is 11.1 Å². The number of benzene rings is 2. The van der Waals surface area contributed by atoms with Crippen molar-refractivity contribution in [1.29, 1.82) is 0 Å². The van der Waals surface area contributed by atoms with Gasteiger partial charge in [0.1, 0.15) is 5.82 Å². The Hall–Kier alpha value is -2.01. The van der Waals surface area contributed by atoms with E-state index in [9.17, 15) is 9.18 Å². The molecule has 2 aromatic carbocycles. The third kappa shape index (κ3) is 3.74. The van der Waals surface area contributed by atoms with Gasteiger partial charge in [-0.05, 0) is 37.3 Å². The number of nitrogens with two attached hydrogens (primary N) is 1. The van der Waals surface area contributed by atoms with Crippen LogP contribution < -0.4 is 11.1 Å². The summed E-state index contributed by atoms with van der Waals surface area (Å²) in [5.74, 6) is -0.509. The molecular weight excluding hydrogens is 275 g/mol. The lowest BCUT2D eigenvalue weighted by Crippen LogP contribution is -2.22. The molecule has 0 radical (unpaired) electrons. The van der Waals surface area contributed by atoms with Crippen molar-refractivity contribution in [3.05, 3.63) is 54.3 Å². The minimum Gasteiger partial charge on any atom is -0.399 e. The van der Waals surface area contributed by atoms with E-state index in [1.165, 1.54) is 17.8 Å². The normalized spacial score (nSPS) is 11.9. The lowest BCUT2D eigenvalue weighted by molar-refractivity contribution is -0.115. The van der Waals surface area contributed by atoms with Crippen LogP contribution in [-0.2, 0) is 4.79 Å². The molecule has 104 valence electrons. The first kappa shape index (κ1) is 14.4. The second kappa shape index (κ2) is 6.43. The summed E-state index contributed by atoms with van der Waals surface area (Å²) in [7, 11) is 0. The van der Waals surface area contributed by atoms with Crippen LogP contribution in [0.5, 0.6) is 0 Å². The molecule has 2 aromatic rings. The highest BCUT2D eigenvalue weighted by atomic mass is 32.2. The highest BCUT2D eigenvalue weighted by molar-refractivity contribution is 8.00. The predicted molar refractivity (Wildman–Crippen MR) is 81.2 cm³/mol. The van der Waals surface area contributed by atoms with Crippen molar-refractivity contribution in [2.45, 2.75) is 17.1 Å². The van der Waals surface area contributed by atoms with Gasteiger partial charge in [0.25, 0.3) is 0 Å². The third-order valence-electron chi connectivity index (χ3n) is 2.66. The van der Waals surface area contributed by atoms with Gasteiger partial charge in [0, 0.05) is 16.3 Å². The van der Waals surface area contributed by atoms with Crippen LogP contribution in [0.2, 0.25) is 0 Å². The third-order valence-corrected chi connectivity index (χ3v) is 3.82. The van der Waals surface area contributed by atoms with E-state index in [1.54, 1.807) is 49.4 Å². The highest BCUT2D eigenvalue weighted by Crippen LogP contribution is 2.26. The van der Waals surface area contributed by atoms with Gasteiger partial charge in [0.05, 0.1) is 5.25 Å². The zero-order valence-electron chi connectivity index (χ0n) is 11.0. The van der Waals surface area contributed by atoms with E-state index in [0.29, 0.717) is 16.3 Å². The van der Waals surface area contributed by atoms with Crippen molar-refractivity contribution in [2.24, 2.45) is 0 Å². The summed E-state index contributed by atoms with van der Waals surface area (Å²) in [6.45, 7) is 1.73. The number of halogens is 1. The van der Waals surface area contributed by atoms with Gasteiger partial charge >= 0.3 is 0 Å². The molecule has 0 spiro atoms. The van der Waals surface area contributed by atoms with Gasteiger partial charge in [-0.1, -0.05) is 18.2 Å². The smallest absolute Gasteiger partial charge is 0.237 e. The van der Waals surface area contributed by atoms with Gasteiger partial charge in [-0.3, -0.25) is 4.79 Å². The second-order valence-electron chi connectivity index (χ2n) is 4.31. The van der Waals surface area contributed by atoms with Crippen LogP contribution in [0.1, 0.15) is 6.92 Å². The highest BCUT2D eigenvalue weighted by Gasteiger charge is 2.16. The molecule has 0 aliphatic carbocycles. The number of rotatable bonds is 4. The monoisotopic (exact) mass is 290 g/mol. The van der Waals surface area contributed by atoms with E-state index < -0.39 is 5.25 Å². The van der Waals surface area contributed by atoms with Crippen molar-refractivity contribution in [3.8, 4) is 0 Å². The Morgan fingerprint density at radius 1 is 1.25 bits per heavy atom. The molecule has 20 heavy (non-hydrogen) atoms. The Kier molecular flexibility index (Phi) is 4.63. The van der Waals surface area contributed by atoms with Gasteiger partial charge in [-0.25, -0.2) is 4.39 Å². The molecule has 0 aliphatic heterocycles. The van der Waals surface area contributed by atoms with Gasteiger partial charge in [0.2, 0.25) is 5.91 Å². The molecule has 0 aromatic heterocycles. The average molecular weight is 290 g/mol. The van der Waals surface area contributed by atoms with Crippen LogP contribution in [-0.4, -0.2) is 11.2 Å². The Balaban J connectivity index is 2.01. The summed E-state index contributed by atoms with van der Waals surface area (Å²) in [5, 5.41) is 2.35. The largest absolute Gasteiger partial charge is 0.399 e. The molecule has 0 aliphatic rings. The summed E-state index contributed by atoms with van der Waals surface area (Å²) >= 11 is 1.18. The van der Waals surface area contributed by atoms with Crippen LogP contribution in [0.15, 0.2) is 53.4 Å². The first-order chi connectivity index (χ1) is 9.56. The molecule has 0 bridgehead atoms. The second-order valence-corrected chi connectivity index (χ2v) is 5.69. The number of thioether (sulfide) groups is 1. The van der Waals surface area contributed by atoms with Crippen molar-refractivity contribution in [1.82, 2.24) is 0 Å². The number of amides is 1. The van der Waals surface area contributed by atoms with Crippen LogP contribution in [0.3, 0.4) is 0 Å². The molecule has 1 amide bonds. The summed E-state index contributed by atoms with van der Waals surface area (Å²) in [5.41, 5.74) is 6.86. The number of hydrogen-bond acceptors (Lipinski definition) is 3. The van der Waals surface area contributed by atoms with Gasteiger partial charge < -0.3 is 11.1 Å². The van der Waals surface area contributed by atoms with Crippen molar-refractivity contribution < 1.29 is 9.18 Å². The summed E-state index contributed by atoms with van der Waals surface area (Å²) < 4.78 is 13.5. The SMILES string of the molecule is CC(Sc1ccccc1F)C(=O)Nc1cccc(N)c1. The van der Waals surface area contributed by atoms with Crippen LogP contribution >= 0.6 is 11.8 Å². The maximum Gasteiger partial charge on any atom is 0.237 e. The van der Waals surface area contributed by atoms with E-state index in [0.717, 1.165) is 0 Å². The number of carbonyl (C=O) groups is 1. The molecular formula is C15H15FN2OS. The number of carbonyl (C=O) groups excluding carboxylic acids is 1. The molecule has 3 N–H and O–H groups in total. The molecule has 0 saturated heterocycles. The Morgan fingerprint density at radius 2 is 2.00 bits per heavy atom. The predicted octanol–water partition coefficient (Wildman–Crippen LogP) is 3.53. The minimum atomic E-state index is -0.409. The van der Waals surface area contributed by atoms with Crippen molar-refractivity contribution in [3.63, 3.8) is 0 Å². The van der Waals surface area contributed by atoms with Crippen LogP contribution in [0.4, 0.5) is 15.8 Å².